The second-order valence-electron chi connectivity index (χ2n) is 5.46. The third-order valence-corrected chi connectivity index (χ3v) is 3.83. The molecule has 0 radical (unpaired) electrons. The maximum Gasteiger partial charge on any atom is 0.325 e. The molecule has 1 aromatic rings. The Hall–Kier alpha value is -2.08. The van der Waals surface area contributed by atoms with Crippen LogP contribution in [0.3, 0.4) is 0 Å². The van der Waals surface area contributed by atoms with E-state index in [-0.39, 0.29) is 24.9 Å². The number of urea groups is 1. The number of hydrogen-bond acceptors (Lipinski definition) is 3. The molecule has 1 fully saturated rings. The van der Waals surface area contributed by atoms with Crippen molar-refractivity contribution in [3.8, 4) is 0 Å². The van der Waals surface area contributed by atoms with E-state index in [1.807, 2.05) is 19.9 Å². The van der Waals surface area contributed by atoms with Gasteiger partial charge in [0.1, 0.15) is 12.6 Å². The van der Waals surface area contributed by atoms with Gasteiger partial charge in [0.2, 0.25) is 5.91 Å². The average molecular weight is 324 g/mol. The van der Waals surface area contributed by atoms with Crippen LogP contribution in [0.15, 0.2) is 24.3 Å². The van der Waals surface area contributed by atoms with Gasteiger partial charge in [0, 0.05) is 11.6 Å². The Bertz CT molecular complexity index is 603. The molecule has 4 amide bonds. The molecule has 1 unspecified atom stereocenters. The molecule has 1 aromatic carbocycles. The molecule has 0 aliphatic carbocycles. The first kappa shape index (κ1) is 16.3. The van der Waals surface area contributed by atoms with Gasteiger partial charge in [-0.2, -0.15) is 0 Å². The van der Waals surface area contributed by atoms with Gasteiger partial charge >= 0.3 is 6.03 Å². The molecule has 118 valence electrons. The monoisotopic (exact) mass is 323 g/mol. The highest BCUT2D eigenvalue weighted by Crippen LogP contribution is 2.15. The fourth-order valence-electron chi connectivity index (χ4n) is 2.18. The molecular weight excluding hydrogens is 306 g/mol. The number of carbonyl (C=O) groups excluding carboxylic acids is 3. The first-order chi connectivity index (χ1) is 10.4. The van der Waals surface area contributed by atoms with Gasteiger partial charge in [-0.3, -0.25) is 14.5 Å². The van der Waals surface area contributed by atoms with Crippen molar-refractivity contribution < 1.29 is 14.4 Å². The number of benzene rings is 1. The second kappa shape index (κ2) is 6.79. The van der Waals surface area contributed by atoms with E-state index in [4.69, 9.17) is 11.6 Å². The van der Waals surface area contributed by atoms with Crippen LogP contribution in [0.1, 0.15) is 19.4 Å². The van der Waals surface area contributed by atoms with E-state index in [9.17, 15) is 14.4 Å². The highest BCUT2D eigenvalue weighted by Gasteiger charge is 2.40. The van der Waals surface area contributed by atoms with Crippen LogP contribution >= 0.6 is 11.6 Å². The predicted octanol–water partition coefficient (Wildman–Crippen LogP) is 1.53. The third kappa shape index (κ3) is 3.57. The first-order valence-electron chi connectivity index (χ1n) is 7.02. The number of amides is 4. The van der Waals surface area contributed by atoms with Crippen LogP contribution in [0.4, 0.5) is 4.79 Å². The van der Waals surface area contributed by atoms with Crippen molar-refractivity contribution in [2.75, 3.05) is 6.54 Å². The Morgan fingerprint density at radius 2 is 2.05 bits per heavy atom. The number of hydrogen-bond donors (Lipinski definition) is 2. The molecule has 1 atom stereocenters. The first-order valence-corrected chi connectivity index (χ1v) is 7.40. The van der Waals surface area contributed by atoms with Crippen molar-refractivity contribution in [1.82, 2.24) is 15.5 Å². The summed E-state index contributed by atoms with van der Waals surface area (Å²) in [6.45, 7) is 3.63. The van der Waals surface area contributed by atoms with Crippen LogP contribution in [-0.4, -0.2) is 35.3 Å². The molecule has 2 N–H and O–H groups in total. The molecule has 0 aromatic heterocycles. The summed E-state index contributed by atoms with van der Waals surface area (Å²) in [5.41, 5.74) is 0.773. The van der Waals surface area contributed by atoms with Crippen molar-refractivity contribution >= 4 is 29.4 Å². The van der Waals surface area contributed by atoms with E-state index in [0.29, 0.717) is 5.02 Å². The van der Waals surface area contributed by atoms with Gasteiger partial charge in [0.25, 0.3) is 5.91 Å². The minimum absolute atomic E-state index is 0.0207. The quantitative estimate of drug-likeness (QED) is 0.807. The number of nitrogens with zero attached hydrogens (tertiary/aromatic N) is 1. The van der Waals surface area contributed by atoms with Gasteiger partial charge in [0.15, 0.2) is 0 Å². The van der Waals surface area contributed by atoms with Crippen LogP contribution in [-0.2, 0) is 16.1 Å². The fourth-order valence-corrected chi connectivity index (χ4v) is 2.38. The van der Waals surface area contributed by atoms with Gasteiger partial charge in [-0.05, 0) is 17.5 Å². The Labute approximate surface area is 133 Å². The van der Waals surface area contributed by atoms with Crippen LogP contribution in [0.5, 0.6) is 0 Å². The Morgan fingerprint density at radius 3 is 2.64 bits per heavy atom. The van der Waals surface area contributed by atoms with Crippen LogP contribution in [0.2, 0.25) is 5.02 Å². The largest absolute Gasteiger partial charge is 0.350 e. The van der Waals surface area contributed by atoms with Crippen LogP contribution in [0, 0.1) is 5.92 Å². The normalized spacial score (nSPS) is 17.8. The number of nitrogens with one attached hydrogen (secondary N) is 2. The van der Waals surface area contributed by atoms with Crippen molar-refractivity contribution in [3.63, 3.8) is 0 Å². The van der Waals surface area contributed by atoms with E-state index in [0.717, 1.165) is 10.5 Å². The summed E-state index contributed by atoms with van der Waals surface area (Å²) in [6, 6.07) is 6.05. The van der Waals surface area contributed by atoms with Crippen molar-refractivity contribution in [2.45, 2.75) is 26.4 Å². The molecule has 7 heteroatoms. The molecule has 6 nitrogen and oxygen atoms in total. The molecule has 0 bridgehead atoms. The predicted molar refractivity (Wildman–Crippen MR) is 82.2 cm³/mol. The number of rotatable bonds is 5. The third-order valence-electron chi connectivity index (χ3n) is 3.46. The molecule has 1 saturated heterocycles. The van der Waals surface area contributed by atoms with Crippen molar-refractivity contribution in [3.05, 3.63) is 34.9 Å². The summed E-state index contributed by atoms with van der Waals surface area (Å²) in [5.74, 6) is -0.798. The number of halogens is 1. The average Bonchev–Trinajstić information content (AvgIpc) is 2.75. The zero-order chi connectivity index (χ0) is 16.3. The lowest BCUT2D eigenvalue weighted by Crippen LogP contribution is -2.41. The molecule has 0 saturated carbocycles. The van der Waals surface area contributed by atoms with Gasteiger partial charge in [-0.1, -0.05) is 43.6 Å². The van der Waals surface area contributed by atoms with E-state index in [1.165, 1.54) is 0 Å². The summed E-state index contributed by atoms with van der Waals surface area (Å²) in [5, 5.41) is 5.79. The highest BCUT2D eigenvalue weighted by atomic mass is 35.5. The molecule has 1 aliphatic heterocycles. The van der Waals surface area contributed by atoms with E-state index in [1.54, 1.807) is 18.2 Å². The Morgan fingerprint density at radius 1 is 1.36 bits per heavy atom. The summed E-state index contributed by atoms with van der Waals surface area (Å²) >= 11 is 6.00. The summed E-state index contributed by atoms with van der Waals surface area (Å²) < 4.78 is 0. The van der Waals surface area contributed by atoms with Gasteiger partial charge in [-0.15, -0.1) is 0 Å². The minimum Gasteiger partial charge on any atom is -0.350 e. The smallest absolute Gasteiger partial charge is 0.325 e. The number of imide groups is 1. The van der Waals surface area contributed by atoms with Crippen LogP contribution in [0.25, 0.3) is 0 Å². The topological polar surface area (TPSA) is 78.5 Å². The second-order valence-corrected chi connectivity index (χ2v) is 5.87. The van der Waals surface area contributed by atoms with E-state index >= 15 is 0 Å². The molecule has 1 aliphatic rings. The molecular formula is C15H18ClN3O3. The molecule has 0 spiro atoms. The summed E-state index contributed by atoms with van der Waals surface area (Å²) in [7, 11) is 0. The summed E-state index contributed by atoms with van der Waals surface area (Å²) in [4.78, 5) is 36.7. The maximum atomic E-state index is 12.1. The zero-order valence-corrected chi connectivity index (χ0v) is 13.2. The fraction of sp³-hybridized carbons (Fsp3) is 0.400. The number of carbonyl (C=O) groups is 3. The van der Waals surface area contributed by atoms with E-state index in [2.05, 4.69) is 10.6 Å². The minimum atomic E-state index is -0.566. The SMILES string of the molecule is CC(C)C1NC(=O)N(CC(=O)NCc2ccccc2Cl)C1=O. The maximum absolute atomic E-state index is 12.1. The lowest BCUT2D eigenvalue weighted by molar-refractivity contribution is -0.132. The van der Waals surface area contributed by atoms with E-state index < -0.39 is 18.0 Å². The summed E-state index contributed by atoms with van der Waals surface area (Å²) in [6.07, 6.45) is 0. The highest BCUT2D eigenvalue weighted by molar-refractivity contribution is 6.31. The lowest BCUT2D eigenvalue weighted by Gasteiger charge is -2.14. The molecule has 2 rings (SSSR count). The Balaban J connectivity index is 1.91. The van der Waals surface area contributed by atoms with Gasteiger partial charge < -0.3 is 10.6 Å². The zero-order valence-electron chi connectivity index (χ0n) is 12.4. The van der Waals surface area contributed by atoms with Crippen molar-refractivity contribution in [1.29, 1.82) is 0 Å². The standard InChI is InChI=1S/C15H18ClN3O3/c1-9(2)13-14(21)19(15(22)18-13)8-12(20)17-7-10-5-3-4-6-11(10)16/h3-6,9,13H,7-8H2,1-2H3,(H,17,20)(H,18,22). The van der Waals surface area contributed by atoms with Crippen molar-refractivity contribution in [2.24, 2.45) is 5.92 Å². The molecule has 1 heterocycles. The van der Waals surface area contributed by atoms with Gasteiger partial charge in [-0.25, -0.2) is 4.79 Å². The van der Waals surface area contributed by atoms with Crippen LogP contribution < -0.4 is 10.6 Å². The Kier molecular flexibility index (Phi) is 5.03. The molecule has 22 heavy (non-hydrogen) atoms. The van der Waals surface area contributed by atoms with Gasteiger partial charge in [0.05, 0.1) is 0 Å². The lowest BCUT2D eigenvalue weighted by atomic mass is 10.1.